The van der Waals surface area contributed by atoms with Gasteiger partial charge in [0.2, 0.25) is 11.7 Å². The third kappa shape index (κ3) is 5.97. The van der Waals surface area contributed by atoms with Gasteiger partial charge in [-0.15, -0.1) is 10.2 Å². The number of tetrazole rings is 1. The van der Waals surface area contributed by atoms with Gasteiger partial charge in [0.05, 0.1) is 11.7 Å². The molecule has 0 saturated carbocycles. The van der Waals surface area contributed by atoms with Crippen LogP contribution < -0.4 is 10.6 Å². The Hall–Kier alpha value is -4.08. The van der Waals surface area contributed by atoms with Crippen molar-refractivity contribution in [1.82, 2.24) is 25.5 Å². The molecule has 0 fully saturated rings. The number of rotatable bonds is 8. The summed E-state index contributed by atoms with van der Waals surface area (Å²) in [6, 6.07) is 13.3. The minimum atomic E-state index is -0.441. The molecule has 0 atom stereocenters. The van der Waals surface area contributed by atoms with Gasteiger partial charge in [0.25, 0.3) is 5.91 Å². The molecule has 10 heteroatoms. The molecule has 0 aliphatic heterocycles. The van der Waals surface area contributed by atoms with Crippen molar-refractivity contribution in [1.29, 1.82) is 0 Å². The number of benzene rings is 2. The zero-order valence-electron chi connectivity index (χ0n) is 18.0. The number of nitrogens with one attached hydrogen (secondary N) is 2. The van der Waals surface area contributed by atoms with E-state index in [1.807, 2.05) is 6.92 Å². The van der Waals surface area contributed by atoms with Crippen molar-refractivity contribution in [3.63, 3.8) is 0 Å². The minimum absolute atomic E-state index is 0.173. The van der Waals surface area contributed by atoms with Crippen LogP contribution in [0.3, 0.4) is 0 Å². The molecule has 0 aliphatic rings. The first-order valence-corrected chi connectivity index (χ1v) is 10.1. The number of nitrogens with zero attached hydrogens (tertiary/aromatic N) is 4. The summed E-state index contributed by atoms with van der Waals surface area (Å²) < 4.78 is 5.20. The highest BCUT2D eigenvalue weighted by Crippen LogP contribution is 2.17. The molecule has 1 aromatic heterocycles. The van der Waals surface area contributed by atoms with Gasteiger partial charge in [-0.2, -0.15) is 4.80 Å². The quantitative estimate of drug-likeness (QED) is 0.519. The molecular formula is C22H24N6O4. The van der Waals surface area contributed by atoms with E-state index in [0.29, 0.717) is 28.9 Å². The topological polar surface area (TPSA) is 128 Å². The molecule has 166 valence electrons. The van der Waals surface area contributed by atoms with E-state index >= 15 is 0 Å². The van der Waals surface area contributed by atoms with Crippen LogP contribution in [0.1, 0.15) is 41.5 Å². The van der Waals surface area contributed by atoms with Gasteiger partial charge < -0.3 is 15.4 Å². The second-order valence-electron chi connectivity index (χ2n) is 7.17. The highest BCUT2D eigenvalue weighted by molar-refractivity contribution is 5.97. The molecule has 2 aromatic carbocycles. The molecule has 3 rings (SSSR count). The summed E-state index contributed by atoms with van der Waals surface area (Å²) in [7, 11) is 0. The summed E-state index contributed by atoms with van der Waals surface area (Å²) in [4.78, 5) is 37.6. The number of ether oxygens (including phenoxy) is 1. The van der Waals surface area contributed by atoms with E-state index in [1.54, 1.807) is 62.4 Å². The van der Waals surface area contributed by atoms with Crippen LogP contribution in [0.2, 0.25) is 0 Å². The summed E-state index contributed by atoms with van der Waals surface area (Å²) in [6.45, 7) is 5.72. The second-order valence-corrected chi connectivity index (χ2v) is 7.17. The number of anilines is 1. The lowest BCUT2D eigenvalue weighted by molar-refractivity contribution is -0.117. The van der Waals surface area contributed by atoms with Crippen LogP contribution in [0, 0.1) is 0 Å². The zero-order valence-corrected chi connectivity index (χ0v) is 18.0. The third-order valence-electron chi connectivity index (χ3n) is 4.18. The summed E-state index contributed by atoms with van der Waals surface area (Å²) in [5.41, 5.74) is 1.87. The Kier molecular flexibility index (Phi) is 7.27. The molecule has 0 bridgehead atoms. The van der Waals surface area contributed by atoms with E-state index in [9.17, 15) is 14.4 Å². The Morgan fingerprint density at radius 2 is 1.81 bits per heavy atom. The van der Waals surface area contributed by atoms with Gasteiger partial charge in [0, 0.05) is 23.4 Å². The first-order valence-electron chi connectivity index (χ1n) is 10.1. The third-order valence-corrected chi connectivity index (χ3v) is 4.18. The number of carbonyl (C=O) groups is 3. The number of hydrogen-bond acceptors (Lipinski definition) is 7. The van der Waals surface area contributed by atoms with E-state index in [-0.39, 0.29) is 30.3 Å². The van der Waals surface area contributed by atoms with Gasteiger partial charge >= 0.3 is 5.97 Å². The number of hydrogen-bond donors (Lipinski definition) is 2. The summed E-state index contributed by atoms with van der Waals surface area (Å²) in [6.07, 6.45) is -0.231. The van der Waals surface area contributed by atoms with Crippen LogP contribution in [0.4, 0.5) is 5.69 Å². The van der Waals surface area contributed by atoms with Crippen LogP contribution in [0.15, 0.2) is 48.5 Å². The van der Waals surface area contributed by atoms with Crippen molar-refractivity contribution >= 4 is 23.5 Å². The Bertz CT molecular complexity index is 1120. The lowest BCUT2D eigenvalue weighted by Crippen LogP contribution is -2.23. The maximum Gasteiger partial charge on any atom is 0.338 e. The lowest BCUT2D eigenvalue weighted by atomic mass is 10.1. The number of aromatic nitrogens is 4. The maximum absolute atomic E-state index is 12.4. The molecule has 0 aliphatic carbocycles. The second kappa shape index (κ2) is 10.3. The smallest absolute Gasteiger partial charge is 0.338 e. The molecule has 3 aromatic rings. The Morgan fingerprint density at radius 1 is 1.06 bits per heavy atom. The molecule has 2 N–H and O–H groups in total. The minimum Gasteiger partial charge on any atom is -0.459 e. The predicted molar refractivity (Wildman–Crippen MR) is 117 cm³/mol. The van der Waals surface area contributed by atoms with E-state index in [1.165, 1.54) is 0 Å². The standard InChI is InChI=1S/C22H24N6O4/c1-4-23-21(30)16-8-6-10-18(12-16)24-19(29)13-28-26-20(25-27-28)15-7-5-9-17(11-15)22(31)32-14(2)3/h5-12,14H,4,13H2,1-3H3,(H,23,30)(H,24,29). The fourth-order valence-electron chi connectivity index (χ4n) is 2.82. The molecule has 0 spiro atoms. The number of esters is 1. The molecule has 0 unspecified atom stereocenters. The fourth-order valence-corrected chi connectivity index (χ4v) is 2.82. The highest BCUT2D eigenvalue weighted by atomic mass is 16.5. The fraction of sp³-hybridized carbons (Fsp3) is 0.273. The van der Waals surface area contributed by atoms with Crippen molar-refractivity contribution in [2.24, 2.45) is 0 Å². The molecule has 32 heavy (non-hydrogen) atoms. The summed E-state index contributed by atoms with van der Waals surface area (Å²) in [5.74, 6) is -0.763. The number of amides is 2. The van der Waals surface area contributed by atoms with Crippen LogP contribution in [0.25, 0.3) is 11.4 Å². The maximum atomic E-state index is 12.4. The average Bonchev–Trinajstić information content (AvgIpc) is 3.22. The van der Waals surface area contributed by atoms with Gasteiger partial charge in [-0.3, -0.25) is 9.59 Å². The van der Waals surface area contributed by atoms with Crippen LogP contribution in [-0.4, -0.2) is 50.6 Å². The summed E-state index contributed by atoms with van der Waals surface area (Å²) >= 11 is 0. The monoisotopic (exact) mass is 436 g/mol. The van der Waals surface area contributed by atoms with E-state index in [2.05, 4.69) is 26.0 Å². The van der Waals surface area contributed by atoms with Gasteiger partial charge in [-0.05, 0) is 56.3 Å². The van der Waals surface area contributed by atoms with Gasteiger partial charge in [-0.25, -0.2) is 4.79 Å². The molecule has 10 nitrogen and oxygen atoms in total. The molecular weight excluding hydrogens is 412 g/mol. The van der Waals surface area contributed by atoms with Crippen LogP contribution in [-0.2, 0) is 16.1 Å². The zero-order chi connectivity index (χ0) is 23.1. The van der Waals surface area contributed by atoms with E-state index in [0.717, 1.165) is 4.80 Å². The van der Waals surface area contributed by atoms with Crippen LogP contribution in [0.5, 0.6) is 0 Å². The predicted octanol–water partition coefficient (Wildman–Crippen LogP) is 2.29. The van der Waals surface area contributed by atoms with Crippen molar-refractivity contribution in [2.75, 3.05) is 11.9 Å². The van der Waals surface area contributed by atoms with E-state index < -0.39 is 5.97 Å². The molecule has 0 radical (unpaired) electrons. The molecule has 1 heterocycles. The lowest BCUT2D eigenvalue weighted by Gasteiger charge is -2.08. The normalized spacial score (nSPS) is 10.6. The van der Waals surface area contributed by atoms with Crippen LogP contribution >= 0.6 is 0 Å². The van der Waals surface area contributed by atoms with E-state index in [4.69, 9.17) is 4.74 Å². The first kappa shape index (κ1) is 22.6. The molecule has 0 saturated heterocycles. The highest BCUT2D eigenvalue weighted by Gasteiger charge is 2.14. The Morgan fingerprint density at radius 3 is 2.56 bits per heavy atom. The van der Waals surface area contributed by atoms with Gasteiger partial charge in [-0.1, -0.05) is 18.2 Å². The van der Waals surface area contributed by atoms with Crippen molar-refractivity contribution in [3.8, 4) is 11.4 Å². The van der Waals surface area contributed by atoms with Gasteiger partial charge in [0.15, 0.2) is 0 Å². The first-order chi connectivity index (χ1) is 15.4. The molecule has 2 amide bonds. The summed E-state index contributed by atoms with van der Waals surface area (Å²) in [5, 5.41) is 17.5. The van der Waals surface area contributed by atoms with Crippen molar-refractivity contribution < 1.29 is 19.1 Å². The Balaban J connectivity index is 1.66. The largest absolute Gasteiger partial charge is 0.459 e. The van der Waals surface area contributed by atoms with Gasteiger partial charge in [0.1, 0.15) is 6.54 Å². The average molecular weight is 436 g/mol. The Labute approximate surface area is 185 Å². The van der Waals surface area contributed by atoms with Crippen molar-refractivity contribution in [2.45, 2.75) is 33.4 Å². The SMILES string of the molecule is CCNC(=O)c1cccc(NC(=O)Cn2nnc(-c3cccc(C(=O)OC(C)C)c3)n2)c1. The number of carbonyl (C=O) groups excluding carboxylic acids is 3. The van der Waals surface area contributed by atoms with Crippen molar-refractivity contribution in [3.05, 3.63) is 59.7 Å².